The van der Waals surface area contributed by atoms with E-state index in [9.17, 15) is 27.6 Å². The minimum absolute atomic E-state index is 0.0486. The number of rotatable bonds is 7. The molecule has 3 fully saturated rings. The van der Waals surface area contributed by atoms with E-state index in [-0.39, 0.29) is 46.3 Å². The van der Waals surface area contributed by atoms with Crippen LogP contribution in [0.5, 0.6) is 5.75 Å². The quantitative estimate of drug-likeness (QED) is 0.490. The Morgan fingerprint density at radius 1 is 1.06 bits per heavy atom. The monoisotopic (exact) mass is 491 g/mol. The molecule has 3 aliphatic carbocycles. The van der Waals surface area contributed by atoms with Crippen LogP contribution in [0.4, 0.5) is 13.2 Å². The number of Topliss-reactive ketones (excluding diaryl/α,β-unsaturated/α-hetero) is 1. The van der Waals surface area contributed by atoms with Crippen LogP contribution < -0.4 is 15.5 Å². The van der Waals surface area contributed by atoms with Crippen molar-refractivity contribution in [2.24, 2.45) is 5.41 Å². The van der Waals surface area contributed by atoms with Gasteiger partial charge in [-0.3, -0.25) is 14.4 Å². The molecule has 3 aromatic rings. The Balaban J connectivity index is 1.17. The van der Waals surface area contributed by atoms with Crippen molar-refractivity contribution in [2.75, 3.05) is 6.61 Å². The van der Waals surface area contributed by atoms with Gasteiger partial charge < -0.3 is 14.5 Å². The molecule has 1 aromatic heterocycles. The van der Waals surface area contributed by atoms with E-state index in [1.54, 1.807) is 0 Å². The van der Waals surface area contributed by atoms with Gasteiger partial charge in [0.2, 0.25) is 0 Å². The van der Waals surface area contributed by atoms with Gasteiger partial charge in [-0.1, -0.05) is 11.6 Å². The maximum Gasteiger partial charge on any atom is 0.258 e. The Morgan fingerprint density at radius 3 is 2.50 bits per heavy atom. The number of hydrogen-bond donors (Lipinski definition) is 1. The summed E-state index contributed by atoms with van der Waals surface area (Å²) in [6, 6.07) is 6.26. The normalized spacial score (nSPS) is 22.6. The van der Waals surface area contributed by atoms with Crippen molar-refractivity contribution in [3.63, 3.8) is 0 Å². The van der Waals surface area contributed by atoms with E-state index in [0.29, 0.717) is 25.3 Å². The Bertz CT molecular complexity index is 1400. The number of carbonyl (C=O) groups is 2. The lowest BCUT2D eigenvalue weighted by atomic mass is 9.38. The van der Waals surface area contributed by atoms with Crippen molar-refractivity contribution in [3.8, 4) is 5.75 Å². The summed E-state index contributed by atoms with van der Waals surface area (Å²) >= 11 is 5.61. The molecule has 34 heavy (non-hydrogen) atoms. The second-order valence-corrected chi connectivity index (χ2v) is 9.47. The van der Waals surface area contributed by atoms with Crippen LogP contribution in [0.15, 0.2) is 45.6 Å². The van der Waals surface area contributed by atoms with Gasteiger partial charge in [0.05, 0.1) is 10.4 Å². The minimum atomic E-state index is -1.06. The molecule has 3 saturated carbocycles. The van der Waals surface area contributed by atoms with Gasteiger partial charge >= 0.3 is 0 Å². The number of nitrogens with one attached hydrogen (secondary N) is 1. The van der Waals surface area contributed by atoms with Crippen LogP contribution in [0.1, 0.15) is 36.2 Å². The molecule has 6 nitrogen and oxygen atoms in total. The summed E-state index contributed by atoms with van der Waals surface area (Å²) in [5.74, 6) is -3.57. The van der Waals surface area contributed by atoms with Crippen molar-refractivity contribution in [1.82, 2.24) is 5.32 Å². The first-order valence-corrected chi connectivity index (χ1v) is 10.8. The van der Waals surface area contributed by atoms with Gasteiger partial charge in [-0.2, -0.15) is 0 Å². The second kappa shape index (κ2) is 7.87. The molecule has 0 spiro atoms. The standard InChI is InChI=1S/C24H17ClF3NO5/c25-15-2-1-13(5-16(15)27)33-8-21(32)29-24-9-23(10-24,11-24)7-19(31)20-6-18(30)14-3-12(26)4-17(28)22(14)34-20/h1-6H,7-11H2,(H,29,32). The molecular formula is C24H17ClF3NO5. The van der Waals surface area contributed by atoms with E-state index in [4.69, 9.17) is 20.8 Å². The molecule has 1 amide bonds. The third kappa shape index (κ3) is 3.94. The highest BCUT2D eigenvalue weighted by Gasteiger charge is 2.68. The predicted molar refractivity (Wildman–Crippen MR) is 115 cm³/mol. The highest BCUT2D eigenvalue weighted by atomic mass is 35.5. The van der Waals surface area contributed by atoms with E-state index in [1.807, 2.05) is 0 Å². The molecule has 1 N–H and O–H groups in total. The third-order valence-electron chi connectivity index (χ3n) is 6.36. The van der Waals surface area contributed by atoms with Crippen molar-refractivity contribution >= 4 is 34.3 Å². The Hall–Kier alpha value is -3.33. The summed E-state index contributed by atoms with van der Waals surface area (Å²) in [6.45, 7) is -0.302. The predicted octanol–water partition coefficient (Wildman–Crippen LogP) is 4.55. The lowest BCUT2D eigenvalue weighted by molar-refractivity contribution is -0.164. The summed E-state index contributed by atoms with van der Waals surface area (Å²) in [4.78, 5) is 37.2. The van der Waals surface area contributed by atoms with Crippen LogP contribution in [0, 0.1) is 22.9 Å². The second-order valence-electron chi connectivity index (χ2n) is 9.06. The number of hydrogen-bond acceptors (Lipinski definition) is 5. The Labute approximate surface area is 195 Å². The van der Waals surface area contributed by atoms with Crippen LogP contribution in [-0.4, -0.2) is 23.8 Å². The fourth-order valence-corrected chi connectivity index (χ4v) is 5.23. The summed E-state index contributed by atoms with van der Waals surface area (Å²) in [5, 5.41) is 2.56. The number of halogens is 4. The van der Waals surface area contributed by atoms with E-state index in [1.165, 1.54) is 12.1 Å². The zero-order chi connectivity index (χ0) is 24.3. The molecule has 0 aliphatic heterocycles. The Morgan fingerprint density at radius 2 is 1.79 bits per heavy atom. The van der Waals surface area contributed by atoms with Crippen LogP contribution in [0.2, 0.25) is 5.02 Å². The molecular weight excluding hydrogens is 475 g/mol. The average molecular weight is 492 g/mol. The van der Waals surface area contributed by atoms with Gasteiger partial charge in [-0.15, -0.1) is 0 Å². The smallest absolute Gasteiger partial charge is 0.258 e. The van der Waals surface area contributed by atoms with Crippen molar-refractivity contribution in [3.05, 3.63) is 74.9 Å². The number of amides is 1. The summed E-state index contributed by atoms with van der Waals surface area (Å²) < 4.78 is 51.4. The number of carbonyl (C=O) groups excluding carboxylic acids is 2. The van der Waals surface area contributed by atoms with Gasteiger partial charge in [0.25, 0.3) is 5.91 Å². The van der Waals surface area contributed by atoms with Crippen molar-refractivity contribution < 1.29 is 31.9 Å². The fraction of sp³-hybridized carbons (Fsp3) is 0.292. The molecule has 0 unspecified atom stereocenters. The topological polar surface area (TPSA) is 85.6 Å². The molecule has 2 aromatic carbocycles. The van der Waals surface area contributed by atoms with Gasteiger partial charge in [0.15, 0.2) is 35.0 Å². The van der Waals surface area contributed by atoms with E-state index < -0.39 is 39.8 Å². The molecule has 3 aliphatic rings. The van der Waals surface area contributed by atoms with Crippen molar-refractivity contribution in [2.45, 2.75) is 31.2 Å². The number of fused-ring (bicyclic) bond motifs is 1. The molecule has 10 heteroatoms. The van der Waals surface area contributed by atoms with Crippen LogP contribution in [0.25, 0.3) is 11.0 Å². The lowest BCUT2D eigenvalue weighted by Crippen LogP contribution is -2.75. The molecule has 1 heterocycles. The highest BCUT2D eigenvalue weighted by Crippen LogP contribution is 2.69. The van der Waals surface area contributed by atoms with Gasteiger partial charge in [-0.05, 0) is 42.9 Å². The Kier molecular flexibility index (Phi) is 5.20. The first kappa shape index (κ1) is 22.5. The van der Waals surface area contributed by atoms with Crippen LogP contribution in [-0.2, 0) is 4.79 Å². The summed E-state index contributed by atoms with van der Waals surface area (Å²) in [6.07, 6.45) is 1.75. The summed E-state index contributed by atoms with van der Waals surface area (Å²) in [7, 11) is 0. The zero-order valence-corrected chi connectivity index (χ0v) is 18.3. The first-order valence-electron chi connectivity index (χ1n) is 10.4. The molecule has 0 saturated heterocycles. The average Bonchev–Trinajstić information content (AvgIpc) is 2.72. The zero-order valence-electron chi connectivity index (χ0n) is 17.6. The molecule has 2 bridgehead atoms. The van der Waals surface area contributed by atoms with Crippen molar-refractivity contribution in [1.29, 1.82) is 0 Å². The molecule has 6 rings (SSSR count). The largest absolute Gasteiger partial charge is 0.484 e. The number of ketones is 1. The SMILES string of the molecule is O=C(COc1ccc(Cl)c(F)c1)NC12CC(CC(=O)c3cc(=O)c4cc(F)cc(F)c4o3)(C1)C2. The number of ether oxygens (including phenoxy) is 1. The molecule has 176 valence electrons. The van der Waals surface area contributed by atoms with E-state index in [2.05, 4.69) is 5.32 Å². The first-order chi connectivity index (χ1) is 16.1. The van der Waals surface area contributed by atoms with Gasteiger partial charge in [0, 0.05) is 30.2 Å². The lowest BCUT2D eigenvalue weighted by Gasteiger charge is -2.70. The maximum absolute atomic E-state index is 14.0. The number of benzene rings is 2. The van der Waals surface area contributed by atoms with Gasteiger partial charge in [-0.25, -0.2) is 13.2 Å². The molecule has 0 atom stereocenters. The van der Waals surface area contributed by atoms with E-state index in [0.717, 1.165) is 18.2 Å². The van der Waals surface area contributed by atoms with Gasteiger partial charge in [0.1, 0.15) is 17.4 Å². The van der Waals surface area contributed by atoms with Crippen LogP contribution in [0.3, 0.4) is 0 Å². The summed E-state index contributed by atoms with van der Waals surface area (Å²) in [5.41, 5.74) is -1.93. The van der Waals surface area contributed by atoms with E-state index >= 15 is 0 Å². The highest BCUT2D eigenvalue weighted by molar-refractivity contribution is 6.30. The fourth-order valence-electron chi connectivity index (χ4n) is 5.11. The minimum Gasteiger partial charge on any atom is -0.484 e. The van der Waals surface area contributed by atoms with Crippen LogP contribution >= 0.6 is 11.6 Å². The molecule has 0 radical (unpaired) electrons. The maximum atomic E-state index is 14.0. The third-order valence-corrected chi connectivity index (χ3v) is 6.67.